The van der Waals surface area contributed by atoms with Crippen molar-refractivity contribution in [3.05, 3.63) is 34.3 Å². The molecule has 0 aliphatic rings. The van der Waals surface area contributed by atoms with Crippen LogP contribution in [-0.2, 0) is 11.2 Å². The van der Waals surface area contributed by atoms with Crippen molar-refractivity contribution in [1.29, 1.82) is 0 Å². The van der Waals surface area contributed by atoms with Gasteiger partial charge in [0.15, 0.2) is 0 Å². The number of hydrogen-bond acceptors (Lipinski definition) is 2. The van der Waals surface area contributed by atoms with Gasteiger partial charge >= 0.3 is 0 Å². The summed E-state index contributed by atoms with van der Waals surface area (Å²) in [7, 11) is 1.75. The van der Waals surface area contributed by atoms with Crippen molar-refractivity contribution >= 4 is 15.9 Å². The quantitative estimate of drug-likeness (QED) is 0.691. The molecule has 0 unspecified atom stereocenters. The van der Waals surface area contributed by atoms with Crippen LogP contribution < -0.4 is 5.32 Å². The molecule has 19 heavy (non-hydrogen) atoms. The van der Waals surface area contributed by atoms with E-state index in [9.17, 15) is 0 Å². The average Bonchev–Trinajstić information content (AvgIpc) is 2.44. The second-order valence-corrected chi connectivity index (χ2v) is 6.00. The van der Waals surface area contributed by atoms with E-state index in [2.05, 4.69) is 59.4 Å². The van der Waals surface area contributed by atoms with Gasteiger partial charge < -0.3 is 10.1 Å². The summed E-state index contributed by atoms with van der Waals surface area (Å²) < 4.78 is 6.31. The molecule has 0 bridgehead atoms. The first kappa shape index (κ1) is 16.7. The van der Waals surface area contributed by atoms with E-state index in [1.807, 2.05) is 0 Å². The minimum absolute atomic E-state index is 0.331. The van der Waals surface area contributed by atoms with Crippen LogP contribution in [0.1, 0.15) is 32.3 Å². The monoisotopic (exact) mass is 327 g/mol. The number of rotatable bonds is 9. The van der Waals surface area contributed by atoms with E-state index in [0.29, 0.717) is 5.41 Å². The number of ether oxygens (including phenoxy) is 1. The number of hydrogen-bond donors (Lipinski definition) is 1. The van der Waals surface area contributed by atoms with Crippen LogP contribution in [0.5, 0.6) is 0 Å². The van der Waals surface area contributed by atoms with Gasteiger partial charge in [0.1, 0.15) is 0 Å². The molecule has 2 nitrogen and oxygen atoms in total. The van der Waals surface area contributed by atoms with Crippen molar-refractivity contribution in [2.75, 3.05) is 26.8 Å². The molecule has 0 heterocycles. The zero-order chi connectivity index (χ0) is 14.1. The molecule has 1 rings (SSSR count). The number of halogens is 1. The number of methoxy groups -OCH3 is 1. The standard InChI is InChI=1S/C16H26BrNO/c1-4-16(5-2,13-18-10-11-19-3)12-14-8-6-7-9-15(14)17/h6-9,18H,4-5,10-13H2,1-3H3. The Balaban J connectivity index is 2.67. The van der Waals surface area contributed by atoms with Crippen LogP contribution in [0, 0.1) is 5.41 Å². The molecule has 0 spiro atoms. The van der Waals surface area contributed by atoms with Crippen LogP contribution in [0.25, 0.3) is 0 Å². The molecule has 3 heteroatoms. The van der Waals surface area contributed by atoms with Crippen LogP contribution in [-0.4, -0.2) is 26.8 Å². The smallest absolute Gasteiger partial charge is 0.0587 e. The molecular formula is C16H26BrNO. The molecule has 0 amide bonds. The van der Waals surface area contributed by atoms with Gasteiger partial charge in [0.05, 0.1) is 6.61 Å². The lowest BCUT2D eigenvalue weighted by molar-refractivity contribution is 0.185. The fourth-order valence-electron chi connectivity index (χ4n) is 2.39. The summed E-state index contributed by atoms with van der Waals surface area (Å²) in [6.07, 6.45) is 3.48. The predicted molar refractivity (Wildman–Crippen MR) is 85.6 cm³/mol. The van der Waals surface area contributed by atoms with Crippen LogP contribution >= 0.6 is 15.9 Å². The SMILES string of the molecule is CCC(CC)(CNCCOC)Cc1ccccc1Br. The zero-order valence-electron chi connectivity index (χ0n) is 12.3. The summed E-state index contributed by atoms with van der Waals surface area (Å²) >= 11 is 3.66. The lowest BCUT2D eigenvalue weighted by Crippen LogP contribution is -2.36. The van der Waals surface area contributed by atoms with E-state index >= 15 is 0 Å². The van der Waals surface area contributed by atoms with Gasteiger partial charge in [-0.2, -0.15) is 0 Å². The van der Waals surface area contributed by atoms with Gasteiger partial charge in [-0.15, -0.1) is 0 Å². The first-order valence-corrected chi connectivity index (χ1v) is 7.90. The van der Waals surface area contributed by atoms with Crippen LogP contribution in [0.15, 0.2) is 28.7 Å². The Morgan fingerprint density at radius 3 is 2.47 bits per heavy atom. The molecule has 0 aliphatic heterocycles. The van der Waals surface area contributed by atoms with Crippen molar-refractivity contribution in [2.45, 2.75) is 33.1 Å². The van der Waals surface area contributed by atoms with E-state index in [0.717, 1.165) is 26.1 Å². The van der Waals surface area contributed by atoms with E-state index in [4.69, 9.17) is 4.74 Å². The molecular weight excluding hydrogens is 302 g/mol. The van der Waals surface area contributed by atoms with Crippen molar-refractivity contribution < 1.29 is 4.74 Å². The maximum atomic E-state index is 5.09. The Bertz CT molecular complexity index is 364. The number of nitrogens with one attached hydrogen (secondary N) is 1. The van der Waals surface area contributed by atoms with Crippen molar-refractivity contribution in [3.63, 3.8) is 0 Å². The van der Waals surface area contributed by atoms with E-state index < -0.39 is 0 Å². The van der Waals surface area contributed by atoms with Crippen LogP contribution in [0.2, 0.25) is 0 Å². The molecule has 0 aliphatic carbocycles. The first-order chi connectivity index (χ1) is 9.17. The summed E-state index contributed by atoms with van der Waals surface area (Å²) in [4.78, 5) is 0. The second-order valence-electron chi connectivity index (χ2n) is 5.14. The van der Waals surface area contributed by atoms with Crippen molar-refractivity contribution in [3.8, 4) is 0 Å². The molecule has 0 fully saturated rings. The van der Waals surface area contributed by atoms with Gasteiger partial charge in [0.2, 0.25) is 0 Å². The van der Waals surface area contributed by atoms with E-state index in [-0.39, 0.29) is 0 Å². The lowest BCUT2D eigenvalue weighted by atomic mass is 9.77. The Labute approximate surface area is 126 Å². The Kier molecular flexibility index (Phi) is 7.66. The normalized spacial score (nSPS) is 11.8. The summed E-state index contributed by atoms with van der Waals surface area (Å²) in [6.45, 7) is 7.33. The topological polar surface area (TPSA) is 21.3 Å². The summed E-state index contributed by atoms with van der Waals surface area (Å²) in [5.74, 6) is 0. The highest BCUT2D eigenvalue weighted by Gasteiger charge is 2.26. The highest BCUT2D eigenvalue weighted by atomic mass is 79.9. The molecule has 1 aromatic rings. The third-order valence-corrected chi connectivity index (χ3v) is 4.78. The highest BCUT2D eigenvalue weighted by molar-refractivity contribution is 9.10. The zero-order valence-corrected chi connectivity index (χ0v) is 13.9. The highest BCUT2D eigenvalue weighted by Crippen LogP contribution is 2.32. The molecule has 108 valence electrons. The Hall–Kier alpha value is -0.380. The Morgan fingerprint density at radius 2 is 1.89 bits per heavy atom. The molecule has 0 radical (unpaired) electrons. The molecule has 0 saturated carbocycles. The van der Waals surface area contributed by atoms with Gasteiger partial charge in [-0.3, -0.25) is 0 Å². The molecule has 0 atom stereocenters. The Morgan fingerprint density at radius 1 is 1.21 bits per heavy atom. The average molecular weight is 328 g/mol. The lowest BCUT2D eigenvalue weighted by Gasteiger charge is -2.32. The van der Waals surface area contributed by atoms with Gasteiger partial charge in [-0.05, 0) is 36.3 Å². The minimum atomic E-state index is 0.331. The van der Waals surface area contributed by atoms with Gasteiger partial charge in [-0.1, -0.05) is 48.0 Å². The van der Waals surface area contributed by atoms with Crippen LogP contribution in [0.4, 0.5) is 0 Å². The van der Waals surface area contributed by atoms with Crippen LogP contribution in [0.3, 0.4) is 0 Å². The van der Waals surface area contributed by atoms with Crippen molar-refractivity contribution in [2.24, 2.45) is 5.41 Å². The second kappa shape index (κ2) is 8.72. The summed E-state index contributed by atoms with van der Waals surface area (Å²) in [6, 6.07) is 8.54. The van der Waals surface area contributed by atoms with Gasteiger partial charge in [0, 0.05) is 24.7 Å². The minimum Gasteiger partial charge on any atom is -0.383 e. The van der Waals surface area contributed by atoms with E-state index in [1.165, 1.54) is 22.9 Å². The summed E-state index contributed by atoms with van der Waals surface area (Å²) in [5, 5.41) is 3.53. The molecule has 0 aromatic heterocycles. The third kappa shape index (κ3) is 5.25. The number of benzene rings is 1. The maximum Gasteiger partial charge on any atom is 0.0587 e. The molecule has 0 saturated heterocycles. The third-order valence-electron chi connectivity index (χ3n) is 4.01. The fraction of sp³-hybridized carbons (Fsp3) is 0.625. The molecule has 1 N–H and O–H groups in total. The maximum absolute atomic E-state index is 5.09. The summed E-state index contributed by atoms with van der Waals surface area (Å²) in [5.41, 5.74) is 1.73. The van der Waals surface area contributed by atoms with Crippen molar-refractivity contribution in [1.82, 2.24) is 5.32 Å². The largest absolute Gasteiger partial charge is 0.383 e. The molecule has 1 aromatic carbocycles. The van der Waals surface area contributed by atoms with E-state index in [1.54, 1.807) is 7.11 Å². The van der Waals surface area contributed by atoms with Gasteiger partial charge in [0.25, 0.3) is 0 Å². The fourth-order valence-corrected chi connectivity index (χ4v) is 2.81. The first-order valence-electron chi connectivity index (χ1n) is 7.10. The predicted octanol–water partition coefficient (Wildman–Crippen LogP) is 4.03. The van der Waals surface area contributed by atoms with Gasteiger partial charge in [-0.25, -0.2) is 0 Å².